The molecule has 1 aromatic carbocycles. The lowest BCUT2D eigenvalue weighted by Crippen LogP contribution is -2.44. The lowest BCUT2D eigenvalue weighted by atomic mass is 10.0. The zero-order valence-corrected chi connectivity index (χ0v) is 14.3. The Labute approximate surface area is 135 Å². The number of nitrogens with zero attached hydrogens (tertiary/aromatic N) is 3. The van der Waals surface area contributed by atoms with Crippen molar-refractivity contribution in [3.05, 3.63) is 35.9 Å². The number of rotatable bonds is 5. The second-order valence-corrected chi connectivity index (χ2v) is 6.36. The van der Waals surface area contributed by atoms with Crippen molar-refractivity contribution in [2.75, 3.05) is 40.3 Å². The van der Waals surface area contributed by atoms with Gasteiger partial charge in [0.25, 0.3) is 0 Å². The van der Waals surface area contributed by atoms with Crippen molar-refractivity contribution in [2.24, 2.45) is 10.9 Å². The Hall–Kier alpha value is -1.55. The van der Waals surface area contributed by atoms with Crippen LogP contribution in [0, 0.1) is 5.92 Å². The van der Waals surface area contributed by atoms with Gasteiger partial charge in [-0.25, -0.2) is 0 Å². The van der Waals surface area contributed by atoms with Crippen molar-refractivity contribution in [2.45, 2.75) is 26.3 Å². The number of nitrogens with one attached hydrogen (secondary N) is 1. The molecule has 1 saturated heterocycles. The van der Waals surface area contributed by atoms with E-state index in [1.54, 1.807) is 0 Å². The number of likely N-dealkylation sites (tertiary alicyclic amines) is 1. The summed E-state index contributed by atoms with van der Waals surface area (Å²) in [6, 6.07) is 10.5. The molecule has 4 nitrogen and oxygen atoms in total. The fraction of sp³-hybridized carbons (Fsp3) is 0.611. The Bertz CT molecular complexity index is 457. The van der Waals surface area contributed by atoms with Crippen LogP contribution < -0.4 is 5.32 Å². The summed E-state index contributed by atoms with van der Waals surface area (Å²) >= 11 is 0. The molecule has 22 heavy (non-hydrogen) atoms. The van der Waals surface area contributed by atoms with Crippen molar-refractivity contribution in [1.29, 1.82) is 0 Å². The van der Waals surface area contributed by atoms with Crippen LogP contribution in [0.5, 0.6) is 0 Å². The van der Waals surface area contributed by atoms with Gasteiger partial charge >= 0.3 is 0 Å². The van der Waals surface area contributed by atoms with Crippen molar-refractivity contribution in [1.82, 2.24) is 15.1 Å². The molecule has 1 fully saturated rings. The summed E-state index contributed by atoms with van der Waals surface area (Å²) in [6.07, 6.45) is 2.72. The highest BCUT2D eigenvalue weighted by atomic mass is 15.3. The molecule has 1 aliphatic heterocycles. The molecule has 0 aliphatic carbocycles. The fourth-order valence-corrected chi connectivity index (χ4v) is 3.13. The normalized spacial score (nSPS) is 20.0. The van der Waals surface area contributed by atoms with Crippen molar-refractivity contribution >= 4 is 5.96 Å². The number of guanidine groups is 1. The zero-order chi connectivity index (χ0) is 15.8. The minimum absolute atomic E-state index is 0.841. The molecule has 0 bridgehead atoms. The minimum Gasteiger partial charge on any atom is -0.355 e. The van der Waals surface area contributed by atoms with Crippen LogP contribution in [0.15, 0.2) is 35.3 Å². The SMILES string of the molecule is CN=C(NCCN1CCCC(C)C1)N(C)Cc1ccccc1. The van der Waals surface area contributed by atoms with Crippen LogP contribution in [0.4, 0.5) is 0 Å². The summed E-state index contributed by atoms with van der Waals surface area (Å²) in [4.78, 5) is 9.13. The third-order valence-electron chi connectivity index (χ3n) is 4.29. The van der Waals surface area contributed by atoms with Crippen LogP contribution >= 0.6 is 0 Å². The molecular formula is C18H30N4. The zero-order valence-electron chi connectivity index (χ0n) is 14.3. The predicted octanol–water partition coefficient (Wildman–Crippen LogP) is 2.43. The second-order valence-electron chi connectivity index (χ2n) is 6.36. The van der Waals surface area contributed by atoms with Gasteiger partial charge in [-0.1, -0.05) is 37.3 Å². The largest absolute Gasteiger partial charge is 0.355 e. The van der Waals surface area contributed by atoms with E-state index in [1.807, 2.05) is 7.05 Å². The van der Waals surface area contributed by atoms with Gasteiger partial charge in [0.15, 0.2) is 5.96 Å². The Morgan fingerprint density at radius 3 is 2.82 bits per heavy atom. The van der Waals surface area contributed by atoms with E-state index in [0.717, 1.165) is 31.5 Å². The van der Waals surface area contributed by atoms with Crippen molar-refractivity contribution in [3.8, 4) is 0 Å². The van der Waals surface area contributed by atoms with Crippen molar-refractivity contribution in [3.63, 3.8) is 0 Å². The first-order valence-electron chi connectivity index (χ1n) is 8.37. The Balaban J connectivity index is 1.74. The second kappa shape index (κ2) is 8.79. The van der Waals surface area contributed by atoms with Gasteiger partial charge in [-0.3, -0.25) is 4.99 Å². The number of hydrogen-bond donors (Lipinski definition) is 1. The van der Waals surface area contributed by atoms with Crippen LogP contribution in [-0.2, 0) is 6.54 Å². The van der Waals surface area contributed by atoms with Gasteiger partial charge in [0.05, 0.1) is 0 Å². The van der Waals surface area contributed by atoms with E-state index in [9.17, 15) is 0 Å². The first-order chi connectivity index (χ1) is 10.7. The van der Waals surface area contributed by atoms with Gasteiger partial charge in [0, 0.05) is 40.3 Å². The molecule has 0 saturated carbocycles. The quantitative estimate of drug-likeness (QED) is 0.669. The maximum Gasteiger partial charge on any atom is 0.193 e. The van der Waals surface area contributed by atoms with Crippen LogP contribution in [0.1, 0.15) is 25.3 Å². The monoisotopic (exact) mass is 302 g/mol. The Morgan fingerprint density at radius 1 is 1.36 bits per heavy atom. The highest BCUT2D eigenvalue weighted by Gasteiger charge is 2.15. The molecule has 2 rings (SSSR count). The van der Waals surface area contributed by atoms with Crippen LogP contribution in [0.25, 0.3) is 0 Å². The maximum absolute atomic E-state index is 4.39. The maximum atomic E-state index is 4.39. The molecule has 0 aromatic heterocycles. The molecule has 4 heteroatoms. The third kappa shape index (κ3) is 5.34. The minimum atomic E-state index is 0.841. The first-order valence-corrected chi connectivity index (χ1v) is 8.37. The van der Waals surface area contributed by atoms with Gasteiger partial charge in [-0.2, -0.15) is 0 Å². The summed E-state index contributed by atoms with van der Waals surface area (Å²) in [5, 5.41) is 3.49. The number of aliphatic imine (C=N–C) groups is 1. The van der Waals surface area contributed by atoms with E-state index in [-0.39, 0.29) is 0 Å². The lowest BCUT2D eigenvalue weighted by Gasteiger charge is -2.31. The molecule has 1 unspecified atom stereocenters. The number of benzene rings is 1. The molecule has 1 atom stereocenters. The molecule has 0 spiro atoms. The van der Waals surface area contributed by atoms with E-state index >= 15 is 0 Å². The first kappa shape index (κ1) is 16.8. The Morgan fingerprint density at radius 2 is 2.14 bits per heavy atom. The van der Waals surface area contributed by atoms with E-state index < -0.39 is 0 Å². The van der Waals surface area contributed by atoms with Crippen molar-refractivity contribution < 1.29 is 0 Å². The molecule has 0 radical (unpaired) electrons. The third-order valence-corrected chi connectivity index (χ3v) is 4.29. The standard InChI is InChI=1S/C18H30N4/c1-16-8-7-12-22(14-16)13-11-20-18(19-2)21(3)15-17-9-5-4-6-10-17/h4-6,9-10,16H,7-8,11-15H2,1-3H3,(H,19,20). The van der Waals surface area contributed by atoms with Gasteiger partial charge in [-0.15, -0.1) is 0 Å². The summed E-state index contributed by atoms with van der Waals surface area (Å²) < 4.78 is 0. The topological polar surface area (TPSA) is 30.9 Å². The van der Waals surface area contributed by atoms with Gasteiger partial charge in [0.1, 0.15) is 0 Å². The van der Waals surface area contributed by atoms with Crippen LogP contribution in [-0.4, -0.2) is 56.0 Å². The van der Waals surface area contributed by atoms with Gasteiger partial charge in [0.2, 0.25) is 0 Å². The Kier molecular flexibility index (Phi) is 6.72. The summed E-state index contributed by atoms with van der Waals surface area (Å²) in [5.41, 5.74) is 1.30. The average molecular weight is 302 g/mol. The highest BCUT2D eigenvalue weighted by Crippen LogP contribution is 2.14. The lowest BCUT2D eigenvalue weighted by molar-refractivity contribution is 0.186. The molecule has 1 N–H and O–H groups in total. The molecule has 1 aromatic rings. The molecule has 122 valence electrons. The number of hydrogen-bond acceptors (Lipinski definition) is 2. The van der Waals surface area contributed by atoms with Gasteiger partial charge < -0.3 is 15.1 Å². The average Bonchev–Trinajstić information content (AvgIpc) is 2.52. The van der Waals surface area contributed by atoms with E-state index in [4.69, 9.17) is 0 Å². The highest BCUT2D eigenvalue weighted by molar-refractivity contribution is 5.79. The van der Waals surface area contributed by atoms with E-state index in [1.165, 1.54) is 31.5 Å². The summed E-state index contributed by atoms with van der Waals surface area (Å²) in [6.45, 7) is 7.76. The van der Waals surface area contributed by atoms with E-state index in [0.29, 0.717) is 0 Å². The molecule has 1 heterocycles. The molecular weight excluding hydrogens is 272 g/mol. The fourth-order valence-electron chi connectivity index (χ4n) is 3.13. The summed E-state index contributed by atoms with van der Waals surface area (Å²) in [5.74, 6) is 1.81. The van der Waals surface area contributed by atoms with E-state index in [2.05, 4.69) is 64.4 Å². The predicted molar refractivity (Wildman–Crippen MR) is 94.1 cm³/mol. The molecule has 1 aliphatic rings. The molecule has 0 amide bonds. The number of piperidine rings is 1. The van der Waals surface area contributed by atoms with Crippen LogP contribution in [0.3, 0.4) is 0 Å². The van der Waals surface area contributed by atoms with Gasteiger partial charge in [-0.05, 0) is 30.9 Å². The van der Waals surface area contributed by atoms with Crippen LogP contribution in [0.2, 0.25) is 0 Å². The summed E-state index contributed by atoms with van der Waals surface area (Å²) in [7, 11) is 3.94. The smallest absolute Gasteiger partial charge is 0.193 e.